The minimum atomic E-state index is -0.266. The number of hydrogen-bond donors (Lipinski definition) is 2. The van der Waals surface area contributed by atoms with Gasteiger partial charge in [0, 0.05) is 23.7 Å². The Morgan fingerprint density at radius 3 is 2.57 bits per heavy atom. The molecule has 1 aromatic carbocycles. The highest BCUT2D eigenvalue weighted by molar-refractivity contribution is 5.78. The van der Waals surface area contributed by atoms with Crippen molar-refractivity contribution in [1.29, 1.82) is 0 Å². The fourth-order valence-corrected chi connectivity index (χ4v) is 2.16. The van der Waals surface area contributed by atoms with Crippen molar-refractivity contribution in [3.8, 4) is 11.5 Å². The van der Waals surface area contributed by atoms with Crippen molar-refractivity contribution in [2.24, 2.45) is 0 Å². The van der Waals surface area contributed by atoms with E-state index >= 15 is 0 Å². The predicted octanol–water partition coefficient (Wildman–Crippen LogP) is -0.755. The lowest BCUT2D eigenvalue weighted by atomic mass is 10.1. The molecular formula is C17H26ClN2O3-. The number of amides is 1. The van der Waals surface area contributed by atoms with Crippen LogP contribution in [0.1, 0.15) is 39.2 Å². The Kier molecular flexibility index (Phi) is 7.16. The number of halogens is 1. The minimum Gasteiger partial charge on any atom is -1.00 e. The lowest BCUT2D eigenvalue weighted by Crippen LogP contribution is -3.00. The van der Waals surface area contributed by atoms with Crippen LogP contribution < -0.4 is 32.5 Å². The van der Waals surface area contributed by atoms with Crippen LogP contribution in [0, 0.1) is 0 Å². The van der Waals surface area contributed by atoms with Gasteiger partial charge in [-0.05, 0) is 39.7 Å². The molecule has 0 radical (unpaired) electrons. The molecule has 1 amide bonds. The SMILES string of the molecule is COc1cccc(CNC2CC2)c1OCC(=O)NC(C)(C)C.[Cl-]. The van der Waals surface area contributed by atoms with Crippen molar-refractivity contribution in [2.45, 2.75) is 51.7 Å². The van der Waals surface area contributed by atoms with E-state index in [1.165, 1.54) is 12.8 Å². The van der Waals surface area contributed by atoms with Gasteiger partial charge >= 0.3 is 0 Å². The normalized spacial score (nSPS) is 13.9. The monoisotopic (exact) mass is 341 g/mol. The number of rotatable bonds is 7. The summed E-state index contributed by atoms with van der Waals surface area (Å²) in [5, 5.41) is 6.34. The average Bonchev–Trinajstić information content (AvgIpc) is 3.25. The van der Waals surface area contributed by atoms with Crippen molar-refractivity contribution in [1.82, 2.24) is 10.6 Å². The molecule has 1 saturated carbocycles. The molecule has 5 nitrogen and oxygen atoms in total. The van der Waals surface area contributed by atoms with E-state index < -0.39 is 0 Å². The highest BCUT2D eigenvalue weighted by atomic mass is 35.5. The van der Waals surface area contributed by atoms with Crippen LogP contribution in [0.25, 0.3) is 0 Å². The van der Waals surface area contributed by atoms with Crippen LogP contribution in [0.15, 0.2) is 18.2 Å². The van der Waals surface area contributed by atoms with Crippen LogP contribution >= 0.6 is 0 Å². The number of ether oxygens (including phenoxy) is 2. The Bertz CT molecular complexity index is 525. The molecule has 6 heteroatoms. The van der Waals surface area contributed by atoms with Gasteiger partial charge in [-0.3, -0.25) is 4.79 Å². The van der Waals surface area contributed by atoms with Gasteiger partial charge in [-0.2, -0.15) is 0 Å². The van der Waals surface area contributed by atoms with Crippen LogP contribution in [0.3, 0.4) is 0 Å². The highest BCUT2D eigenvalue weighted by Crippen LogP contribution is 2.31. The molecule has 2 N–H and O–H groups in total. The van der Waals surface area contributed by atoms with Gasteiger partial charge < -0.3 is 32.5 Å². The van der Waals surface area contributed by atoms with E-state index in [-0.39, 0.29) is 30.5 Å². The molecule has 0 bridgehead atoms. The van der Waals surface area contributed by atoms with E-state index in [1.807, 2.05) is 39.0 Å². The molecule has 130 valence electrons. The lowest BCUT2D eigenvalue weighted by Gasteiger charge is -2.21. The summed E-state index contributed by atoms with van der Waals surface area (Å²) in [7, 11) is 1.61. The fraction of sp³-hybridized carbons (Fsp3) is 0.588. The quantitative estimate of drug-likeness (QED) is 0.685. The van der Waals surface area contributed by atoms with Crippen molar-refractivity contribution >= 4 is 5.91 Å². The Morgan fingerprint density at radius 1 is 1.30 bits per heavy atom. The van der Waals surface area contributed by atoms with Gasteiger partial charge in [-0.25, -0.2) is 0 Å². The lowest BCUT2D eigenvalue weighted by molar-refractivity contribution is -0.124. The number of benzene rings is 1. The Hall–Kier alpha value is -1.46. The van der Waals surface area contributed by atoms with E-state index in [0.29, 0.717) is 17.5 Å². The maximum atomic E-state index is 11.9. The zero-order chi connectivity index (χ0) is 16.2. The first-order valence-electron chi connectivity index (χ1n) is 7.72. The molecule has 0 heterocycles. The molecule has 23 heavy (non-hydrogen) atoms. The summed E-state index contributed by atoms with van der Waals surface area (Å²) >= 11 is 0. The number of methoxy groups -OCH3 is 1. The molecule has 2 rings (SSSR count). The Labute approximate surface area is 144 Å². The number of nitrogens with one attached hydrogen (secondary N) is 2. The Morgan fingerprint density at radius 2 is 2.00 bits per heavy atom. The summed E-state index contributed by atoms with van der Waals surface area (Å²) in [6.45, 7) is 6.53. The zero-order valence-corrected chi connectivity index (χ0v) is 15.0. The second-order valence-electron chi connectivity index (χ2n) is 6.69. The van der Waals surface area contributed by atoms with Gasteiger partial charge in [0.15, 0.2) is 18.1 Å². The second-order valence-corrected chi connectivity index (χ2v) is 6.69. The predicted molar refractivity (Wildman–Crippen MR) is 86.2 cm³/mol. The molecule has 0 spiro atoms. The molecule has 0 saturated heterocycles. The molecule has 0 atom stereocenters. The van der Waals surface area contributed by atoms with E-state index in [4.69, 9.17) is 9.47 Å². The van der Waals surface area contributed by atoms with Gasteiger partial charge in [0.2, 0.25) is 0 Å². The zero-order valence-electron chi connectivity index (χ0n) is 14.2. The first-order valence-corrected chi connectivity index (χ1v) is 7.72. The van der Waals surface area contributed by atoms with Gasteiger partial charge in [-0.1, -0.05) is 12.1 Å². The molecule has 1 aromatic rings. The van der Waals surface area contributed by atoms with Crippen molar-refractivity contribution in [2.75, 3.05) is 13.7 Å². The van der Waals surface area contributed by atoms with Crippen LogP contribution in [-0.4, -0.2) is 31.2 Å². The fourth-order valence-electron chi connectivity index (χ4n) is 2.16. The topological polar surface area (TPSA) is 59.6 Å². The van der Waals surface area contributed by atoms with E-state index in [9.17, 15) is 4.79 Å². The van der Waals surface area contributed by atoms with Crippen LogP contribution in [-0.2, 0) is 11.3 Å². The highest BCUT2D eigenvalue weighted by Gasteiger charge is 2.22. The number of hydrogen-bond acceptors (Lipinski definition) is 4. The number of carbonyl (C=O) groups is 1. The molecule has 0 unspecified atom stereocenters. The smallest absolute Gasteiger partial charge is 0.258 e. The third-order valence-electron chi connectivity index (χ3n) is 3.30. The molecule has 1 fully saturated rings. The van der Waals surface area contributed by atoms with E-state index in [2.05, 4.69) is 10.6 Å². The summed E-state index contributed by atoms with van der Waals surface area (Å²) in [4.78, 5) is 11.9. The maximum Gasteiger partial charge on any atom is 0.258 e. The Balaban J connectivity index is 0.00000264. The second kappa shape index (κ2) is 8.41. The first-order chi connectivity index (χ1) is 10.4. The van der Waals surface area contributed by atoms with Crippen LogP contribution in [0.4, 0.5) is 0 Å². The summed E-state index contributed by atoms with van der Waals surface area (Å²) in [6, 6.07) is 6.39. The van der Waals surface area contributed by atoms with Gasteiger partial charge in [-0.15, -0.1) is 0 Å². The van der Waals surface area contributed by atoms with Crippen molar-refractivity contribution < 1.29 is 26.7 Å². The standard InChI is InChI=1S/C17H26N2O3.ClH/c1-17(2,3)19-15(20)11-22-16-12(10-18-13-8-9-13)6-5-7-14(16)21-4;/h5-7,13,18H,8-11H2,1-4H3,(H,19,20);1H/p-1. The number of carbonyl (C=O) groups excluding carboxylic acids is 1. The third-order valence-corrected chi connectivity index (χ3v) is 3.30. The summed E-state index contributed by atoms with van der Waals surface area (Å²) in [5.41, 5.74) is 0.743. The maximum absolute atomic E-state index is 11.9. The molecular weight excluding hydrogens is 316 g/mol. The van der Waals surface area contributed by atoms with Crippen LogP contribution in [0.5, 0.6) is 11.5 Å². The molecule has 1 aliphatic rings. The number of para-hydroxylation sites is 1. The molecule has 0 aromatic heterocycles. The van der Waals surface area contributed by atoms with Crippen molar-refractivity contribution in [3.63, 3.8) is 0 Å². The van der Waals surface area contributed by atoms with Gasteiger partial charge in [0.25, 0.3) is 5.91 Å². The molecule has 0 aliphatic heterocycles. The summed E-state index contributed by atoms with van der Waals surface area (Å²) < 4.78 is 11.1. The van der Waals surface area contributed by atoms with Gasteiger partial charge in [0.1, 0.15) is 0 Å². The van der Waals surface area contributed by atoms with Crippen molar-refractivity contribution in [3.05, 3.63) is 23.8 Å². The first kappa shape index (κ1) is 19.6. The minimum absolute atomic E-state index is 0. The largest absolute Gasteiger partial charge is 1.00 e. The third kappa shape index (κ3) is 6.67. The van der Waals surface area contributed by atoms with Crippen LogP contribution in [0.2, 0.25) is 0 Å². The average molecular weight is 342 g/mol. The van der Waals surface area contributed by atoms with E-state index in [0.717, 1.165) is 12.1 Å². The summed E-state index contributed by atoms with van der Waals surface area (Å²) in [5.74, 6) is 1.15. The molecule has 1 aliphatic carbocycles. The van der Waals surface area contributed by atoms with E-state index in [1.54, 1.807) is 7.11 Å². The summed E-state index contributed by atoms with van der Waals surface area (Å²) in [6.07, 6.45) is 2.46. The van der Waals surface area contributed by atoms with Gasteiger partial charge in [0.05, 0.1) is 7.11 Å².